The lowest BCUT2D eigenvalue weighted by molar-refractivity contribution is -0.137. The van der Waals surface area contributed by atoms with E-state index in [1.807, 2.05) is 23.4 Å². The quantitative estimate of drug-likeness (QED) is 0.907. The molecule has 25 heavy (non-hydrogen) atoms. The van der Waals surface area contributed by atoms with Crippen LogP contribution < -0.4 is 9.47 Å². The van der Waals surface area contributed by atoms with E-state index in [2.05, 4.69) is 29.3 Å². The van der Waals surface area contributed by atoms with Gasteiger partial charge in [0.2, 0.25) is 12.7 Å². The van der Waals surface area contributed by atoms with E-state index in [4.69, 9.17) is 9.47 Å². The van der Waals surface area contributed by atoms with Crippen LogP contribution in [0.5, 0.6) is 11.5 Å². The van der Waals surface area contributed by atoms with Crippen molar-refractivity contribution in [3.05, 3.63) is 41.7 Å². The van der Waals surface area contributed by atoms with Crippen LogP contribution in [0.1, 0.15) is 30.9 Å². The van der Waals surface area contributed by atoms with Crippen molar-refractivity contribution in [3.8, 4) is 11.5 Å². The Morgan fingerprint density at radius 2 is 2.16 bits per heavy atom. The van der Waals surface area contributed by atoms with Crippen LogP contribution in [-0.2, 0) is 17.6 Å². The number of carbonyl (C=O) groups is 1. The van der Waals surface area contributed by atoms with E-state index >= 15 is 0 Å². The fourth-order valence-corrected chi connectivity index (χ4v) is 3.76. The maximum atomic E-state index is 12.3. The molecule has 0 aliphatic carbocycles. The number of benzene rings is 1. The molecular formula is C19H23N3O3. The average molecular weight is 341 g/mol. The number of amides is 1. The Labute approximate surface area is 147 Å². The maximum absolute atomic E-state index is 12.3. The standard InChI is InChI=1S/C19H23N3O3/c1-19(9-14-2-3-16-17(8-14)25-13-24-16)6-4-18(23)22(12-19)7-5-15-10-20-21-11-15/h2-3,8,10-11H,4-7,9,12-13H2,1H3,(H,20,21). The molecule has 1 fully saturated rings. The largest absolute Gasteiger partial charge is 0.454 e. The molecule has 0 saturated carbocycles. The number of nitrogens with one attached hydrogen (secondary N) is 1. The second kappa shape index (κ2) is 6.43. The van der Waals surface area contributed by atoms with Gasteiger partial charge in [0.05, 0.1) is 6.20 Å². The van der Waals surface area contributed by atoms with Crippen LogP contribution in [0, 0.1) is 5.41 Å². The van der Waals surface area contributed by atoms with Gasteiger partial charge >= 0.3 is 0 Å². The average Bonchev–Trinajstić information content (AvgIpc) is 3.27. The first kappa shape index (κ1) is 16.0. The Morgan fingerprint density at radius 1 is 1.28 bits per heavy atom. The molecule has 1 amide bonds. The molecule has 2 aliphatic heterocycles. The summed E-state index contributed by atoms with van der Waals surface area (Å²) in [6, 6.07) is 6.15. The minimum Gasteiger partial charge on any atom is -0.454 e. The van der Waals surface area contributed by atoms with E-state index in [0.717, 1.165) is 49.4 Å². The summed E-state index contributed by atoms with van der Waals surface area (Å²) in [5, 5.41) is 6.79. The van der Waals surface area contributed by atoms with Crippen molar-refractivity contribution in [2.45, 2.75) is 32.6 Å². The molecular weight excluding hydrogens is 318 g/mol. The van der Waals surface area contributed by atoms with Crippen LogP contribution in [0.15, 0.2) is 30.6 Å². The van der Waals surface area contributed by atoms with Crippen LogP contribution in [0.4, 0.5) is 0 Å². The van der Waals surface area contributed by atoms with Gasteiger partial charge in [-0.2, -0.15) is 5.10 Å². The molecule has 0 spiro atoms. The Balaban J connectivity index is 1.42. The third-order valence-corrected chi connectivity index (χ3v) is 5.16. The van der Waals surface area contributed by atoms with E-state index in [1.54, 1.807) is 0 Å². The van der Waals surface area contributed by atoms with Gasteiger partial charge in [-0.25, -0.2) is 0 Å². The molecule has 1 aromatic heterocycles. The van der Waals surface area contributed by atoms with Crippen LogP contribution in [-0.4, -0.2) is 40.9 Å². The first-order chi connectivity index (χ1) is 12.1. The van der Waals surface area contributed by atoms with Crippen LogP contribution in [0.25, 0.3) is 0 Å². The summed E-state index contributed by atoms with van der Waals surface area (Å²) in [6.07, 6.45) is 7.01. The lowest BCUT2D eigenvalue weighted by Crippen LogP contribution is -2.46. The second-order valence-electron chi connectivity index (χ2n) is 7.35. The number of nitrogens with zero attached hydrogens (tertiary/aromatic N) is 2. The molecule has 132 valence electrons. The zero-order valence-corrected chi connectivity index (χ0v) is 14.5. The highest BCUT2D eigenvalue weighted by Gasteiger charge is 2.35. The van der Waals surface area contributed by atoms with Crippen molar-refractivity contribution < 1.29 is 14.3 Å². The Bertz CT molecular complexity index is 759. The monoisotopic (exact) mass is 341 g/mol. The number of aromatic nitrogens is 2. The number of likely N-dealkylation sites (tertiary alicyclic amines) is 1. The van der Waals surface area contributed by atoms with E-state index in [-0.39, 0.29) is 11.3 Å². The summed E-state index contributed by atoms with van der Waals surface area (Å²) < 4.78 is 10.9. The Kier molecular flexibility index (Phi) is 4.11. The summed E-state index contributed by atoms with van der Waals surface area (Å²) in [6.45, 7) is 4.11. The molecule has 1 aromatic carbocycles. The molecule has 2 aliphatic rings. The molecule has 4 rings (SSSR count). The maximum Gasteiger partial charge on any atom is 0.231 e. The molecule has 6 nitrogen and oxygen atoms in total. The van der Waals surface area contributed by atoms with Crippen molar-refractivity contribution in [1.82, 2.24) is 15.1 Å². The number of hydrogen-bond acceptors (Lipinski definition) is 4. The van der Waals surface area contributed by atoms with Crippen molar-refractivity contribution in [1.29, 1.82) is 0 Å². The Morgan fingerprint density at radius 3 is 3.00 bits per heavy atom. The van der Waals surface area contributed by atoms with Gasteiger partial charge < -0.3 is 14.4 Å². The number of rotatable bonds is 5. The number of fused-ring (bicyclic) bond motifs is 1. The molecule has 0 radical (unpaired) electrons. The highest BCUT2D eigenvalue weighted by molar-refractivity contribution is 5.77. The highest BCUT2D eigenvalue weighted by atomic mass is 16.7. The van der Waals surface area contributed by atoms with Crippen molar-refractivity contribution >= 4 is 5.91 Å². The molecule has 1 saturated heterocycles. The van der Waals surface area contributed by atoms with Gasteiger partial charge in [0.1, 0.15) is 0 Å². The second-order valence-corrected chi connectivity index (χ2v) is 7.35. The third kappa shape index (κ3) is 3.48. The van der Waals surface area contributed by atoms with E-state index < -0.39 is 0 Å². The van der Waals surface area contributed by atoms with Crippen LogP contribution in [0.3, 0.4) is 0 Å². The van der Waals surface area contributed by atoms with Gasteiger partial charge in [-0.05, 0) is 47.9 Å². The normalized spacial score (nSPS) is 22.4. The van der Waals surface area contributed by atoms with Crippen molar-refractivity contribution in [3.63, 3.8) is 0 Å². The first-order valence-corrected chi connectivity index (χ1v) is 8.75. The van der Waals surface area contributed by atoms with Crippen LogP contribution >= 0.6 is 0 Å². The minimum absolute atomic E-state index is 0.0814. The zero-order valence-electron chi connectivity index (χ0n) is 14.5. The Hall–Kier alpha value is -2.50. The van der Waals surface area contributed by atoms with Gasteiger partial charge in [0, 0.05) is 25.7 Å². The van der Waals surface area contributed by atoms with Gasteiger partial charge in [-0.1, -0.05) is 13.0 Å². The van der Waals surface area contributed by atoms with Crippen molar-refractivity contribution in [2.75, 3.05) is 19.9 Å². The van der Waals surface area contributed by atoms with E-state index in [9.17, 15) is 4.79 Å². The summed E-state index contributed by atoms with van der Waals surface area (Å²) in [4.78, 5) is 14.3. The molecule has 0 bridgehead atoms. The molecule has 1 N–H and O–H groups in total. The molecule has 3 heterocycles. The van der Waals surface area contributed by atoms with E-state index in [1.165, 1.54) is 5.56 Å². The lowest BCUT2D eigenvalue weighted by Gasteiger charge is -2.40. The summed E-state index contributed by atoms with van der Waals surface area (Å²) in [5.41, 5.74) is 2.45. The van der Waals surface area contributed by atoms with E-state index in [0.29, 0.717) is 13.2 Å². The molecule has 1 atom stereocenters. The molecule has 2 aromatic rings. The summed E-state index contributed by atoms with van der Waals surface area (Å²) in [5.74, 6) is 1.89. The van der Waals surface area contributed by atoms with Gasteiger partial charge in [0.25, 0.3) is 0 Å². The van der Waals surface area contributed by atoms with Gasteiger partial charge in [-0.15, -0.1) is 0 Å². The van der Waals surface area contributed by atoms with Gasteiger partial charge in [0.15, 0.2) is 11.5 Å². The number of carbonyl (C=O) groups excluding carboxylic acids is 1. The SMILES string of the molecule is CC1(Cc2ccc3c(c2)OCO3)CCC(=O)N(CCc2cn[nH]c2)C1. The molecule has 1 unspecified atom stereocenters. The fraction of sp³-hybridized carbons (Fsp3) is 0.474. The predicted octanol–water partition coefficient (Wildman–Crippen LogP) is 2.55. The smallest absolute Gasteiger partial charge is 0.231 e. The third-order valence-electron chi connectivity index (χ3n) is 5.16. The predicted molar refractivity (Wildman–Crippen MR) is 92.5 cm³/mol. The molecule has 6 heteroatoms. The topological polar surface area (TPSA) is 67.5 Å². The van der Waals surface area contributed by atoms with Gasteiger partial charge in [-0.3, -0.25) is 9.89 Å². The number of ether oxygens (including phenoxy) is 2. The number of aromatic amines is 1. The zero-order chi connectivity index (χ0) is 17.3. The lowest BCUT2D eigenvalue weighted by atomic mass is 9.76. The summed E-state index contributed by atoms with van der Waals surface area (Å²) in [7, 11) is 0. The van der Waals surface area contributed by atoms with Crippen molar-refractivity contribution in [2.24, 2.45) is 5.41 Å². The number of piperidine rings is 1. The summed E-state index contributed by atoms with van der Waals surface area (Å²) >= 11 is 0. The minimum atomic E-state index is 0.0814. The highest BCUT2D eigenvalue weighted by Crippen LogP contribution is 2.37. The number of H-pyrrole nitrogens is 1. The van der Waals surface area contributed by atoms with Crippen LogP contribution in [0.2, 0.25) is 0 Å². The first-order valence-electron chi connectivity index (χ1n) is 8.75. The fourth-order valence-electron chi connectivity index (χ4n) is 3.76. The number of hydrogen-bond donors (Lipinski definition) is 1.